The zero-order valence-corrected chi connectivity index (χ0v) is 19.6. The van der Waals surface area contributed by atoms with Gasteiger partial charge in [0.15, 0.2) is 11.6 Å². The smallest absolute Gasteiger partial charge is 0.257 e. The van der Waals surface area contributed by atoms with Crippen LogP contribution in [-0.2, 0) is 4.74 Å². The third kappa shape index (κ3) is 3.37. The monoisotopic (exact) mass is 463 g/mol. The lowest BCUT2D eigenvalue weighted by molar-refractivity contribution is 0.0303. The molecule has 1 saturated heterocycles. The number of anilines is 1. The molecule has 2 aliphatic heterocycles. The number of carbonyl (C=O) groups excluding carboxylic acids is 1. The summed E-state index contributed by atoms with van der Waals surface area (Å²) in [6, 6.07) is 0.518. The van der Waals surface area contributed by atoms with E-state index in [2.05, 4.69) is 36.7 Å². The van der Waals surface area contributed by atoms with E-state index in [4.69, 9.17) is 9.72 Å². The Kier molecular flexibility index (Phi) is 5.28. The highest BCUT2D eigenvalue weighted by Gasteiger charge is 2.39. The van der Waals surface area contributed by atoms with Gasteiger partial charge in [0, 0.05) is 25.3 Å². The van der Waals surface area contributed by atoms with Crippen LogP contribution in [0.2, 0.25) is 0 Å². The molecule has 1 aliphatic carbocycles. The SMILES string of the molecule is CC[C@@H]1c2nnc(C)n2-c2cnc(-n3cc(C(=O)N4CCOCC4)cn3)nc2N1C1CCCC1. The van der Waals surface area contributed by atoms with Gasteiger partial charge in [-0.05, 0) is 26.2 Å². The Morgan fingerprint density at radius 3 is 2.71 bits per heavy atom. The van der Waals surface area contributed by atoms with E-state index in [1.807, 2.05) is 13.1 Å². The molecule has 11 heteroatoms. The summed E-state index contributed by atoms with van der Waals surface area (Å²) < 4.78 is 9.03. The first-order valence-electron chi connectivity index (χ1n) is 12.2. The summed E-state index contributed by atoms with van der Waals surface area (Å²) in [5, 5.41) is 13.3. The van der Waals surface area contributed by atoms with Crippen molar-refractivity contribution in [3.8, 4) is 11.6 Å². The van der Waals surface area contributed by atoms with E-state index < -0.39 is 0 Å². The van der Waals surface area contributed by atoms with Crippen molar-refractivity contribution in [3.63, 3.8) is 0 Å². The van der Waals surface area contributed by atoms with Gasteiger partial charge in [-0.1, -0.05) is 19.8 Å². The van der Waals surface area contributed by atoms with Gasteiger partial charge in [0.05, 0.1) is 37.2 Å². The highest BCUT2D eigenvalue weighted by Crippen LogP contribution is 2.43. The summed E-state index contributed by atoms with van der Waals surface area (Å²) >= 11 is 0. The highest BCUT2D eigenvalue weighted by atomic mass is 16.5. The van der Waals surface area contributed by atoms with E-state index in [9.17, 15) is 4.79 Å². The molecule has 6 rings (SSSR count). The highest BCUT2D eigenvalue weighted by molar-refractivity contribution is 5.93. The number of ether oxygens (including phenoxy) is 1. The fourth-order valence-electron chi connectivity index (χ4n) is 5.46. The number of aryl methyl sites for hydroxylation is 1. The number of aromatic nitrogens is 7. The minimum Gasteiger partial charge on any atom is -0.378 e. The van der Waals surface area contributed by atoms with Crippen molar-refractivity contribution in [2.24, 2.45) is 0 Å². The maximum Gasteiger partial charge on any atom is 0.257 e. The molecule has 0 radical (unpaired) electrons. The molecule has 3 aromatic heterocycles. The number of morpholine rings is 1. The molecule has 5 heterocycles. The largest absolute Gasteiger partial charge is 0.378 e. The quantitative estimate of drug-likeness (QED) is 0.580. The van der Waals surface area contributed by atoms with Gasteiger partial charge in [0.2, 0.25) is 0 Å². The van der Waals surface area contributed by atoms with Gasteiger partial charge in [-0.15, -0.1) is 10.2 Å². The lowest BCUT2D eigenvalue weighted by atomic mass is 10.0. The molecule has 0 aromatic carbocycles. The molecule has 34 heavy (non-hydrogen) atoms. The summed E-state index contributed by atoms with van der Waals surface area (Å²) in [4.78, 5) is 26.7. The third-order valence-corrected chi connectivity index (χ3v) is 7.14. The molecule has 3 aromatic rings. The first-order valence-corrected chi connectivity index (χ1v) is 12.2. The minimum absolute atomic E-state index is 0.0455. The Balaban J connectivity index is 1.40. The van der Waals surface area contributed by atoms with Crippen LogP contribution in [-0.4, -0.2) is 77.7 Å². The van der Waals surface area contributed by atoms with Gasteiger partial charge in [-0.25, -0.2) is 9.67 Å². The van der Waals surface area contributed by atoms with Crippen molar-refractivity contribution in [1.82, 2.24) is 39.4 Å². The Labute approximate surface area is 197 Å². The maximum absolute atomic E-state index is 12.9. The molecule has 2 fully saturated rings. The van der Waals surface area contributed by atoms with E-state index in [0.717, 1.165) is 42.4 Å². The van der Waals surface area contributed by atoms with Crippen LogP contribution in [0.3, 0.4) is 0 Å². The topological polar surface area (TPSA) is 107 Å². The Morgan fingerprint density at radius 2 is 1.94 bits per heavy atom. The first-order chi connectivity index (χ1) is 16.7. The number of rotatable bonds is 4. The van der Waals surface area contributed by atoms with Crippen molar-refractivity contribution in [2.75, 3.05) is 31.2 Å². The Bertz CT molecular complexity index is 1210. The van der Waals surface area contributed by atoms with Gasteiger partial charge < -0.3 is 14.5 Å². The summed E-state index contributed by atoms with van der Waals surface area (Å²) in [7, 11) is 0. The lowest BCUT2D eigenvalue weighted by Gasteiger charge is -2.41. The van der Waals surface area contributed by atoms with Crippen LogP contribution in [0.25, 0.3) is 11.6 Å². The summed E-state index contributed by atoms with van der Waals surface area (Å²) in [6.45, 7) is 6.46. The molecular formula is C23H29N9O2. The average molecular weight is 464 g/mol. The summed E-state index contributed by atoms with van der Waals surface area (Å²) in [5.74, 6) is 3.07. The van der Waals surface area contributed by atoms with Crippen molar-refractivity contribution in [3.05, 3.63) is 35.8 Å². The number of fused-ring (bicyclic) bond motifs is 3. The Morgan fingerprint density at radius 1 is 1.15 bits per heavy atom. The Hall–Kier alpha value is -3.34. The van der Waals surface area contributed by atoms with Crippen molar-refractivity contribution < 1.29 is 9.53 Å². The average Bonchev–Trinajstić information content (AvgIpc) is 3.64. The second-order valence-electron chi connectivity index (χ2n) is 9.17. The standard InChI is InChI=1S/C23H29N9O2/c1-3-18-21-28-27-15(2)31(21)19-13-24-23(26-20(19)32(18)17-6-4-5-7-17)30-14-16(12-25-30)22(33)29-8-10-34-11-9-29/h12-14,17-18H,3-11H2,1-2H3/t18-/m1/s1. The minimum atomic E-state index is -0.0455. The zero-order chi connectivity index (χ0) is 23.2. The fraction of sp³-hybridized carbons (Fsp3) is 0.565. The van der Waals surface area contributed by atoms with Gasteiger partial charge >= 0.3 is 0 Å². The second-order valence-corrected chi connectivity index (χ2v) is 9.17. The van der Waals surface area contributed by atoms with Crippen molar-refractivity contribution >= 4 is 11.7 Å². The van der Waals surface area contributed by atoms with Gasteiger partial charge in [-0.2, -0.15) is 10.1 Å². The predicted molar refractivity (Wildman–Crippen MR) is 123 cm³/mol. The van der Waals surface area contributed by atoms with Crippen molar-refractivity contribution in [1.29, 1.82) is 0 Å². The molecule has 0 bridgehead atoms. The second kappa shape index (κ2) is 8.46. The third-order valence-electron chi connectivity index (χ3n) is 7.14. The molecule has 1 atom stereocenters. The number of amides is 1. The van der Waals surface area contributed by atoms with Crippen LogP contribution in [0.1, 0.15) is 67.1 Å². The normalized spacial score (nSPS) is 20.5. The maximum atomic E-state index is 12.9. The van der Waals surface area contributed by atoms with Crippen LogP contribution < -0.4 is 4.90 Å². The first kappa shape index (κ1) is 21.2. The van der Waals surface area contributed by atoms with Crippen LogP contribution in [0.5, 0.6) is 0 Å². The van der Waals surface area contributed by atoms with Gasteiger partial charge in [0.1, 0.15) is 11.5 Å². The lowest BCUT2D eigenvalue weighted by Crippen LogP contribution is -2.42. The van der Waals surface area contributed by atoms with Crippen LogP contribution >= 0.6 is 0 Å². The molecule has 178 valence electrons. The molecule has 1 saturated carbocycles. The van der Waals surface area contributed by atoms with Crippen LogP contribution in [0.15, 0.2) is 18.6 Å². The predicted octanol–water partition coefficient (Wildman–Crippen LogP) is 2.24. The number of nitrogens with zero attached hydrogens (tertiary/aromatic N) is 9. The van der Waals surface area contributed by atoms with E-state index >= 15 is 0 Å². The van der Waals surface area contributed by atoms with E-state index in [-0.39, 0.29) is 11.9 Å². The zero-order valence-electron chi connectivity index (χ0n) is 19.6. The fourth-order valence-corrected chi connectivity index (χ4v) is 5.46. The molecule has 1 amide bonds. The molecule has 11 nitrogen and oxygen atoms in total. The number of carbonyl (C=O) groups is 1. The van der Waals surface area contributed by atoms with E-state index in [0.29, 0.717) is 43.9 Å². The van der Waals surface area contributed by atoms with Gasteiger partial charge in [-0.3, -0.25) is 9.36 Å². The van der Waals surface area contributed by atoms with E-state index in [1.54, 1.807) is 22.0 Å². The molecule has 3 aliphatic rings. The van der Waals surface area contributed by atoms with Crippen LogP contribution in [0.4, 0.5) is 5.82 Å². The molecular weight excluding hydrogens is 434 g/mol. The molecule has 0 spiro atoms. The van der Waals surface area contributed by atoms with Crippen LogP contribution in [0, 0.1) is 6.92 Å². The number of hydrogen-bond acceptors (Lipinski definition) is 8. The molecule has 0 N–H and O–H groups in total. The van der Waals surface area contributed by atoms with E-state index in [1.165, 1.54) is 12.8 Å². The summed E-state index contributed by atoms with van der Waals surface area (Å²) in [5.41, 5.74) is 1.42. The molecule has 0 unspecified atom stereocenters. The summed E-state index contributed by atoms with van der Waals surface area (Å²) in [6.07, 6.45) is 10.8. The van der Waals surface area contributed by atoms with Gasteiger partial charge in [0.25, 0.3) is 11.9 Å². The van der Waals surface area contributed by atoms with Crippen molar-refractivity contribution in [2.45, 2.75) is 58.0 Å². The number of hydrogen-bond donors (Lipinski definition) is 0.